The Morgan fingerprint density at radius 2 is 2.10 bits per heavy atom. The molecule has 2 N–H and O–H groups in total. The Kier molecular flexibility index (Phi) is 4.83. The number of hydrogen-bond donors (Lipinski definition) is 2. The second-order valence-electron chi connectivity index (χ2n) is 8.38. The number of anilines is 1. The highest BCUT2D eigenvalue weighted by atomic mass is 19.1. The van der Waals surface area contributed by atoms with Crippen LogP contribution in [0.3, 0.4) is 0 Å². The van der Waals surface area contributed by atoms with E-state index in [0.29, 0.717) is 17.2 Å². The molecule has 0 aliphatic heterocycles. The summed E-state index contributed by atoms with van der Waals surface area (Å²) in [6.07, 6.45) is 2.64. The summed E-state index contributed by atoms with van der Waals surface area (Å²) in [5.74, 6) is -0.645. The molecule has 1 aliphatic rings. The first-order valence-corrected chi connectivity index (χ1v) is 9.91. The molecule has 3 aromatic rings. The second-order valence-corrected chi connectivity index (χ2v) is 8.38. The van der Waals surface area contributed by atoms with E-state index < -0.39 is 17.3 Å². The van der Waals surface area contributed by atoms with E-state index in [1.165, 1.54) is 25.1 Å². The first-order chi connectivity index (χ1) is 14.2. The molecule has 1 heterocycles. The van der Waals surface area contributed by atoms with Gasteiger partial charge in [0.25, 0.3) is 0 Å². The summed E-state index contributed by atoms with van der Waals surface area (Å²) in [6, 6.07) is 11.1. The van der Waals surface area contributed by atoms with Crippen molar-refractivity contribution in [2.24, 2.45) is 0 Å². The topological polar surface area (TPSA) is 71.5 Å². The van der Waals surface area contributed by atoms with Gasteiger partial charge in [-0.05, 0) is 51.3 Å². The van der Waals surface area contributed by atoms with Gasteiger partial charge in [0.15, 0.2) is 5.69 Å². The monoisotopic (exact) mass is 406 g/mol. The summed E-state index contributed by atoms with van der Waals surface area (Å²) in [5, 5.41) is 13.6. The Balaban J connectivity index is 1.67. The number of nitrogens with one attached hydrogen (secondary N) is 1. The lowest BCUT2D eigenvalue weighted by Crippen LogP contribution is -2.39. The molecule has 1 aromatic heterocycles. The number of rotatable bonds is 5. The molecule has 1 saturated carbocycles. The fourth-order valence-electron chi connectivity index (χ4n) is 4.15. The molecule has 0 radical (unpaired) electrons. The molecule has 6 nitrogen and oxygen atoms in total. The van der Waals surface area contributed by atoms with Crippen LogP contribution in [0.5, 0.6) is 0 Å². The van der Waals surface area contributed by atoms with Crippen LogP contribution in [0, 0.1) is 12.4 Å². The molecular weight excluding hydrogens is 383 g/mol. The third kappa shape index (κ3) is 3.44. The van der Waals surface area contributed by atoms with Crippen LogP contribution in [0.15, 0.2) is 42.5 Å². The van der Waals surface area contributed by atoms with Gasteiger partial charge in [-0.25, -0.2) is 14.2 Å². The summed E-state index contributed by atoms with van der Waals surface area (Å²) >= 11 is 0. The zero-order chi connectivity index (χ0) is 21.5. The molecule has 1 amide bonds. The maximum Gasteiger partial charge on any atom is 0.229 e. The average molecular weight is 406 g/mol. The van der Waals surface area contributed by atoms with Gasteiger partial charge in [-0.15, -0.1) is 0 Å². The van der Waals surface area contributed by atoms with Crippen molar-refractivity contribution < 1.29 is 14.3 Å². The highest BCUT2D eigenvalue weighted by molar-refractivity contribution is 5.93. The molecule has 0 spiro atoms. The van der Waals surface area contributed by atoms with Crippen molar-refractivity contribution >= 4 is 28.6 Å². The van der Waals surface area contributed by atoms with Gasteiger partial charge in [0.1, 0.15) is 5.82 Å². The minimum Gasteiger partial charge on any atom is -0.385 e. The van der Waals surface area contributed by atoms with Gasteiger partial charge in [-0.1, -0.05) is 24.3 Å². The van der Waals surface area contributed by atoms with Crippen molar-refractivity contribution in [1.82, 2.24) is 9.55 Å². The number of carbonyl (C=O) groups excluding carboxylic acids is 1. The third-order valence-corrected chi connectivity index (χ3v) is 5.95. The maximum atomic E-state index is 14.1. The van der Waals surface area contributed by atoms with Gasteiger partial charge < -0.3 is 9.67 Å². The molecule has 1 aliphatic carbocycles. The van der Waals surface area contributed by atoms with Crippen molar-refractivity contribution in [1.29, 1.82) is 0 Å². The number of benzene rings is 2. The molecule has 154 valence electrons. The van der Waals surface area contributed by atoms with E-state index in [0.717, 1.165) is 24.8 Å². The van der Waals surface area contributed by atoms with Gasteiger partial charge in [0.2, 0.25) is 11.9 Å². The molecule has 4 rings (SSSR count). The van der Waals surface area contributed by atoms with Gasteiger partial charge in [-0.2, -0.15) is 0 Å². The van der Waals surface area contributed by atoms with Crippen LogP contribution in [-0.2, 0) is 15.9 Å². The Hall–Kier alpha value is -3.24. The van der Waals surface area contributed by atoms with Crippen molar-refractivity contribution in [3.05, 3.63) is 65.3 Å². The number of nitrogens with zero attached hydrogens (tertiary/aromatic N) is 3. The number of aliphatic hydroxyl groups is 1. The molecule has 7 heteroatoms. The fourth-order valence-corrected chi connectivity index (χ4v) is 4.15. The van der Waals surface area contributed by atoms with E-state index >= 15 is 0 Å². The predicted molar refractivity (Wildman–Crippen MR) is 113 cm³/mol. The number of aromatic nitrogens is 2. The zero-order valence-corrected chi connectivity index (χ0v) is 16.9. The molecule has 0 bridgehead atoms. The van der Waals surface area contributed by atoms with Crippen molar-refractivity contribution in [3.8, 4) is 0 Å². The van der Waals surface area contributed by atoms with E-state index in [1.807, 2.05) is 4.57 Å². The molecule has 0 unspecified atom stereocenters. The van der Waals surface area contributed by atoms with Gasteiger partial charge >= 0.3 is 0 Å². The first-order valence-electron chi connectivity index (χ1n) is 9.91. The quantitative estimate of drug-likeness (QED) is 0.595. The molecule has 0 saturated heterocycles. The van der Waals surface area contributed by atoms with Crippen LogP contribution in [-0.4, -0.2) is 20.6 Å². The SMILES string of the molecule is [C-]#[N+]c1ccc2nc(NC(=O)C[C@@](C)(O)c3ccccc3F)n(C3(C)CCC3)c2c1. The Labute approximate surface area is 174 Å². The zero-order valence-electron chi connectivity index (χ0n) is 16.9. The van der Waals surface area contributed by atoms with E-state index in [-0.39, 0.29) is 17.5 Å². The van der Waals surface area contributed by atoms with Crippen molar-refractivity contribution in [3.63, 3.8) is 0 Å². The lowest BCUT2D eigenvalue weighted by Gasteiger charge is -2.41. The van der Waals surface area contributed by atoms with Gasteiger partial charge in [-0.3, -0.25) is 10.1 Å². The van der Waals surface area contributed by atoms with Crippen molar-refractivity contribution in [2.45, 2.75) is 50.7 Å². The smallest absolute Gasteiger partial charge is 0.229 e. The van der Waals surface area contributed by atoms with Crippen LogP contribution >= 0.6 is 0 Å². The number of carbonyl (C=O) groups is 1. The predicted octanol–water partition coefficient (Wildman–Crippen LogP) is 4.86. The first kappa shape index (κ1) is 20.0. The van der Waals surface area contributed by atoms with E-state index in [9.17, 15) is 14.3 Å². The Bertz CT molecular complexity index is 1170. The highest BCUT2D eigenvalue weighted by Crippen LogP contribution is 2.43. The van der Waals surface area contributed by atoms with E-state index in [1.54, 1.807) is 24.3 Å². The van der Waals surface area contributed by atoms with Crippen LogP contribution in [0.2, 0.25) is 0 Å². The molecule has 30 heavy (non-hydrogen) atoms. The minimum absolute atomic E-state index is 0.0707. The summed E-state index contributed by atoms with van der Waals surface area (Å²) < 4.78 is 16.1. The average Bonchev–Trinajstić information content (AvgIpc) is 3.02. The van der Waals surface area contributed by atoms with E-state index in [4.69, 9.17) is 6.57 Å². The van der Waals surface area contributed by atoms with Crippen molar-refractivity contribution in [2.75, 3.05) is 5.32 Å². The van der Waals surface area contributed by atoms with Crippen LogP contribution in [0.1, 0.15) is 45.1 Å². The number of halogens is 1. The molecule has 1 fully saturated rings. The summed E-state index contributed by atoms with van der Waals surface area (Å²) in [5.41, 5.74) is 0.192. The fraction of sp³-hybridized carbons (Fsp3) is 0.348. The number of imidazole rings is 1. The number of fused-ring (bicyclic) bond motifs is 1. The Morgan fingerprint density at radius 1 is 1.37 bits per heavy atom. The normalized spacial score (nSPS) is 17.0. The largest absolute Gasteiger partial charge is 0.385 e. The van der Waals surface area contributed by atoms with Crippen LogP contribution in [0.25, 0.3) is 15.9 Å². The molecule has 2 aromatic carbocycles. The number of hydrogen-bond acceptors (Lipinski definition) is 3. The summed E-state index contributed by atoms with van der Waals surface area (Å²) in [6.45, 7) is 10.8. The summed E-state index contributed by atoms with van der Waals surface area (Å²) in [4.78, 5) is 20.9. The second kappa shape index (κ2) is 7.22. The van der Waals surface area contributed by atoms with Crippen LogP contribution < -0.4 is 5.32 Å². The Morgan fingerprint density at radius 3 is 2.73 bits per heavy atom. The number of amides is 1. The maximum absolute atomic E-state index is 14.1. The lowest BCUT2D eigenvalue weighted by atomic mass is 9.78. The third-order valence-electron chi connectivity index (χ3n) is 5.95. The lowest BCUT2D eigenvalue weighted by molar-refractivity contribution is -0.120. The van der Waals surface area contributed by atoms with Gasteiger partial charge in [0, 0.05) is 11.1 Å². The standard InChI is InChI=1S/C23H23FN4O2/c1-22(11-6-12-22)28-19-13-15(25-3)9-10-18(19)26-21(28)27-20(29)14-23(2,30)16-7-4-5-8-17(16)24/h4-5,7-10,13,30H,6,11-12,14H2,1-2H3,(H,26,27,29)/t23-/m1/s1. The summed E-state index contributed by atoms with van der Waals surface area (Å²) in [7, 11) is 0. The molecule has 1 atom stereocenters. The molecular formula is C23H23FN4O2. The minimum atomic E-state index is -1.66. The van der Waals surface area contributed by atoms with Crippen LogP contribution in [0.4, 0.5) is 16.0 Å². The van der Waals surface area contributed by atoms with Gasteiger partial charge in [0.05, 0.1) is 29.6 Å². The highest BCUT2D eigenvalue weighted by Gasteiger charge is 2.38. The van der Waals surface area contributed by atoms with E-state index in [2.05, 4.69) is 22.1 Å².